The molecule has 37 heavy (non-hydrogen) atoms. The Morgan fingerprint density at radius 1 is 0.405 bits per heavy atom. The molecule has 4 aromatic rings. The summed E-state index contributed by atoms with van der Waals surface area (Å²) in [5, 5.41) is 9.61. The van der Waals surface area contributed by atoms with Crippen molar-refractivity contribution < 1.29 is 0 Å². The highest BCUT2D eigenvalue weighted by atomic mass is 32.2. The summed E-state index contributed by atoms with van der Waals surface area (Å²) in [6.07, 6.45) is 2.49. The molecule has 0 aliphatic heterocycles. The monoisotopic (exact) mass is 561 g/mol. The van der Waals surface area contributed by atoms with Gasteiger partial charge in [-0.3, -0.25) is 0 Å². The summed E-state index contributed by atoms with van der Waals surface area (Å²) < 4.78 is 0. The van der Waals surface area contributed by atoms with Gasteiger partial charge in [0.25, 0.3) is 0 Å². The first-order valence-electron chi connectivity index (χ1n) is 13.0. The van der Waals surface area contributed by atoms with Gasteiger partial charge in [-0.05, 0) is 60.9 Å². The largest absolute Gasteiger partial charge is 0.315 e. The summed E-state index contributed by atoms with van der Waals surface area (Å²) in [6, 6.07) is 44.2. The third-order valence-electron chi connectivity index (χ3n) is 6.04. The van der Waals surface area contributed by atoms with E-state index in [2.05, 4.69) is 150 Å². The van der Waals surface area contributed by atoms with Crippen molar-refractivity contribution >= 4 is 60.6 Å². The van der Waals surface area contributed by atoms with Crippen LogP contribution in [0.5, 0.6) is 0 Å². The third-order valence-corrected chi connectivity index (χ3v) is 13.6. The van der Waals surface area contributed by atoms with Crippen molar-refractivity contribution in [3.05, 3.63) is 121 Å². The van der Waals surface area contributed by atoms with E-state index >= 15 is 0 Å². The van der Waals surface area contributed by atoms with Crippen LogP contribution in [0.25, 0.3) is 0 Å². The van der Waals surface area contributed by atoms with E-state index in [4.69, 9.17) is 0 Å². The SMILES string of the molecule is c1ccc(P(CCSCCNCCSCCP(c2ccccc2)c2ccccc2)c2ccccc2)cc1. The molecule has 0 radical (unpaired) electrons. The van der Waals surface area contributed by atoms with Crippen molar-refractivity contribution in [1.82, 2.24) is 5.32 Å². The molecule has 0 saturated carbocycles. The van der Waals surface area contributed by atoms with Gasteiger partial charge in [0.2, 0.25) is 0 Å². The van der Waals surface area contributed by atoms with Crippen molar-refractivity contribution in [3.63, 3.8) is 0 Å². The molecule has 4 aromatic carbocycles. The van der Waals surface area contributed by atoms with Crippen LogP contribution >= 0.6 is 39.4 Å². The molecular weight excluding hydrogens is 524 g/mol. The van der Waals surface area contributed by atoms with Gasteiger partial charge in [-0.1, -0.05) is 121 Å². The van der Waals surface area contributed by atoms with Crippen LogP contribution in [-0.4, -0.2) is 48.4 Å². The van der Waals surface area contributed by atoms with Crippen LogP contribution in [0.4, 0.5) is 0 Å². The van der Waals surface area contributed by atoms with Crippen LogP contribution in [0.15, 0.2) is 121 Å². The van der Waals surface area contributed by atoms with E-state index < -0.39 is 0 Å². The number of benzene rings is 4. The van der Waals surface area contributed by atoms with Crippen molar-refractivity contribution in [2.24, 2.45) is 0 Å². The molecule has 192 valence electrons. The van der Waals surface area contributed by atoms with E-state index in [1.807, 2.05) is 0 Å². The van der Waals surface area contributed by atoms with Crippen LogP contribution in [0.1, 0.15) is 0 Å². The second-order valence-electron chi connectivity index (χ2n) is 8.62. The molecule has 5 heteroatoms. The van der Waals surface area contributed by atoms with Crippen LogP contribution in [-0.2, 0) is 0 Å². The zero-order valence-electron chi connectivity index (χ0n) is 21.4. The molecule has 0 saturated heterocycles. The van der Waals surface area contributed by atoms with Gasteiger partial charge in [-0.25, -0.2) is 0 Å². The minimum absolute atomic E-state index is 0.268. The zero-order valence-corrected chi connectivity index (χ0v) is 24.8. The Balaban J connectivity index is 1.09. The normalized spacial score (nSPS) is 11.3. The Morgan fingerprint density at radius 3 is 1.00 bits per heavy atom. The average molecular weight is 562 g/mol. The first-order valence-corrected chi connectivity index (χ1v) is 18.4. The first-order chi connectivity index (χ1) is 18.4. The van der Waals surface area contributed by atoms with Gasteiger partial charge in [0.05, 0.1) is 0 Å². The predicted octanol–water partition coefficient (Wildman–Crippen LogP) is 6.31. The summed E-state index contributed by atoms with van der Waals surface area (Å²) in [5.74, 6) is 4.80. The maximum Gasteiger partial charge on any atom is 0.00582 e. The molecule has 0 fully saturated rings. The van der Waals surface area contributed by atoms with E-state index in [1.165, 1.54) is 56.6 Å². The molecule has 0 spiro atoms. The van der Waals surface area contributed by atoms with Gasteiger partial charge in [0.15, 0.2) is 0 Å². The maximum atomic E-state index is 3.66. The smallest absolute Gasteiger partial charge is 0.00582 e. The van der Waals surface area contributed by atoms with Crippen LogP contribution < -0.4 is 26.5 Å². The van der Waals surface area contributed by atoms with E-state index in [-0.39, 0.29) is 15.8 Å². The minimum Gasteiger partial charge on any atom is -0.315 e. The summed E-state index contributed by atoms with van der Waals surface area (Å²) in [5.41, 5.74) is 0. The lowest BCUT2D eigenvalue weighted by Crippen LogP contribution is -2.21. The molecule has 0 aromatic heterocycles. The zero-order chi connectivity index (χ0) is 25.4. The molecule has 0 unspecified atom stereocenters. The van der Waals surface area contributed by atoms with Gasteiger partial charge in [-0.2, -0.15) is 23.5 Å². The lowest BCUT2D eigenvalue weighted by molar-refractivity contribution is 0.774. The second kappa shape index (κ2) is 17.1. The molecule has 0 amide bonds. The number of thioether (sulfide) groups is 2. The molecule has 1 nitrogen and oxygen atoms in total. The predicted molar refractivity (Wildman–Crippen MR) is 175 cm³/mol. The Hall–Kier alpha value is -1.60. The van der Waals surface area contributed by atoms with Gasteiger partial charge in [0.1, 0.15) is 0 Å². The Morgan fingerprint density at radius 2 is 0.703 bits per heavy atom. The van der Waals surface area contributed by atoms with Crippen molar-refractivity contribution in [2.45, 2.75) is 0 Å². The van der Waals surface area contributed by atoms with Gasteiger partial charge in [-0.15, -0.1) is 0 Å². The Bertz CT molecular complexity index is 945. The molecule has 0 atom stereocenters. The fourth-order valence-corrected chi connectivity index (χ4v) is 11.4. The Kier molecular flexibility index (Phi) is 13.1. The van der Waals surface area contributed by atoms with Crippen molar-refractivity contribution in [2.75, 3.05) is 48.4 Å². The van der Waals surface area contributed by atoms with E-state index in [9.17, 15) is 0 Å². The minimum atomic E-state index is -0.268. The quantitative estimate of drug-likeness (QED) is 0.127. The summed E-state index contributed by atoms with van der Waals surface area (Å²) in [4.78, 5) is 0. The fraction of sp³-hybridized carbons (Fsp3) is 0.250. The maximum absolute atomic E-state index is 3.66. The lowest BCUT2D eigenvalue weighted by Gasteiger charge is -2.18. The lowest BCUT2D eigenvalue weighted by atomic mass is 10.4. The number of rotatable bonds is 16. The molecule has 0 heterocycles. The van der Waals surface area contributed by atoms with Crippen molar-refractivity contribution in [1.29, 1.82) is 0 Å². The molecule has 0 bridgehead atoms. The summed E-state index contributed by atoms with van der Waals surface area (Å²) >= 11 is 4.18. The van der Waals surface area contributed by atoms with Gasteiger partial charge < -0.3 is 5.32 Å². The summed E-state index contributed by atoms with van der Waals surface area (Å²) in [7, 11) is -0.536. The van der Waals surface area contributed by atoms with Crippen LogP contribution in [0, 0.1) is 0 Å². The van der Waals surface area contributed by atoms with Crippen LogP contribution in [0.3, 0.4) is 0 Å². The van der Waals surface area contributed by atoms with E-state index in [0.717, 1.165) is 13.1 Å². The third kappa shape index (κ3) is 9.90. The number of nitrogens with one attached hydrogen (secondary N) is 1. The molecule has 0 aliphatic rings. The molecular formula is C32H37NP2S2. The standard InChI is InChI=1S/C32H37NP2S2/c1-5-13-29(14-6-1)34(30-15-7-2-8-16-30)23-27-36-25-21-33-22-26-37-28-24-35(31-17-9-3-10-18-31)32-19-11-4-12-20-32/h1-20,33H,21-28H2. The highest BCUT2D eigenvalue weighted by Gasteiger charge is 2.14. The summed E-state index contributed by atoms with van der Waals surface area (Å²) in [6.45, 7) is 2.20. The molecule has 4 rings (SSSR count). The highest BCUT2D eigenvalue weighted by molar-refractivity contribution is 8.00. The molecule has 1 N–H and O–H groups in total. The topological polar surface area (TPSA) is 12.0 Å². The average Bonchev–Trinajstić information content (AvgIpc) is 2.97. The second-order valence-corrected chi connectivity index (χ2v) is 15.7. The first kappa shape index (κ1) is 28.4. The molecule has 0 aliphatic carbocycles. The van der Waals surface area contributed by atoms with Crippen molar-refractivity contribution in [3.8, 4) is 0 Å². The van der Waals surface area contributed by atoms with Gasteiger partial charge in [0, 0.05) is 24.6 Å². The fourth-order valence-electron chi connectivity index (χ4n) is 4.18. The van der Waals surface area contributed by atoms with Crippen LogP contribution in [0.2, 0.25) is 0 Å². The number of hydrogen-bond acceptors (Lipinski definition) is 3. The van der Waals surface area contributed by atoms with E-state index in [1.54, 1.807) is 0 Å². The van der Waals surface area contributed by atoms with Gasteiger partial charge >= 0.3 is 0 Å². The van der Waals surface area contributed by atoms with E-state index in [0.29, 0.717) is 0 Å². The number of hydrogen-bond donors (Lipinski definition) is 1. The highest BCUT2D eigenvalue weighted by Crippen LogP contribution is 2.35. The Labute approximate surface area is 234 Å².